The number of nitrogens with one attached hydrogen (secondary N) is 1. The van der Waals surface area contributed by atoms with Crippen LogP contribution in [0, 0.1) is 0 Å². The van der Waals surface area contributed by atoms with E-state index >= 15 is 0 Å². The molecule has 2 atom stereocenters. The summed E-state index contributed by atoms with van der Waals surface area (Å²) in [5.41, 5.74) is 1.29. The zero-order valence-electron chi connectivity index (χ0n) is 14.0. The lowest BCUT2D eigenvalue weighted by atomic mass is 10.2. The molecule has 1 amide bonds. The van der Waals surface area contributed by atoms with Crippen molar-refractivity contribution in [3.63, 3.8) is 0 Å². The van der Waals surface area contributed by atoms with Crippen molar-refractivity contribution in [3.05, 3.63) is 36.4 Å². The molecule has 1 aliphatic heterocycles. The first-order valence-corrected chi connectivity index (χ1v) is 7.70. The molecule has 8 heteroatoms. The molecule has 2 aromatic rings. The van der Waals surface area contributed by atoms with Crippen LogP contribution in [-0.2, 0) is 11.8 Å². The Bertz CT molecular complexity index is 715. The lowest BCUT2D eigenvalue weighted by molar-refractivity contribution is 0.0899. The molecule has 0 aliphatic carbocycles. The number of amides is 1. The van der Waals surface area contributed by atoms with E-state index < -0.39 is 0 Å². The summed E-state index contributed by atoms with van der Waals surface area (Å²) >= 11 is 0. The van der Waals surface area contributed by atoms with Crippen LogP contribution >= 0.6 is 0 Å². The highest BCUT2D eigenvalue weighted by Crippen LogP contribution is 2.17. The molecule has 3 rings (SSSR count). The van der Waals surface area contributed by atoms with E-state index in [1.807, 2.05) is 32.1 Å². The van der Waals surface area contributed by atoms with E-state index in [4.69, 9.17) is 9.47 Å². The van der Waals surface area contributed by atoms with Crippen molar-refractivity contribution in [3.8, 4) is 5.75 Å². The molecule has 3 heterocycles. The lowest BCUT2D eigenvalue weighted by Crippen LogP contribution is -2.45. The van der Waals surface area contributed by atoms with Crippen molar-refractivity contribution in [2.45, 2.75) is 12.1 Å². The van der Waals surface area contributed by atoms with Crippen LogP contribution in [0.4, 0.5) is 5.69 Å². The molecular weight excluding hydrogens is 310 g/mol. The number of carbonyl (C=O) groups excluding carboxylic acids is 1. The molecule has 0 aromatic carbocycles. The Kier molecular flexibility index (Phi) is 4.66. The average Bonchev–Trinajstić information content (AvgIpc) is 3.17. The summed E-state index contributed by atoms with van der Waals surface area (Å²) < 4.78 is 13.0. The predicted octanol–water partition coefficient (Wildman–Crippen LogP) is 0.457. The maximum Gasteiger partial charge on any atom is 0.270 e. The summed E-state index contributed by atoms with van der Waals surface area (Å²) in [6.45, 7) is 0.828. The molecule has 1 N–H and O–H groups in total. The summed E-state index contributed by atoms with van der Waals surface area (Å²) in [4.78, 5) is 18.5. The highest BCUT2D eigenvalue weighted by Gasteiger charge is 2.32. The molecule has 24 heavy (non-hydrogen) atoms. The van der Waals surface area contributed by atoms with Gasteiger partial charge in [-0.05, 0) is 12.1 Å². The molecule has 8 nitrogen and oxygen atoms in total. The largest absolute Gasteiger partial charge is 0.482 e. The van der Waals surface area contributed by atoms with Crippen molar-refractivity contribution >= 4 is 11.6 Å². The Morgan fingerprint density at radius 1 is 1.46 bits per heavy atom. The fourth-order valence-corrected chi connectivity index (χ4v) is 2.48. The molecule has 0 radical (unpaired) electrons. The summed E-state index contributed by atoms with van der Waals surface area (Å²) in [7, 11) is 5.65. The van der Waals surface area contributed by atoms with Gasteiger partial charge in [-0.15, -0.1) is 0 Å². The molecule has 0 unspecified atom stereocenters. The molecule has 2 aromatic heterocycles. The topological polar surface area (TPSA) is 81.5 Å². The predicted molar refractivity (Wildman–Crippen MR) is 88.3 cm³/mol. The molecule has 1 saturated heterocycles. The third-order valence-corrected chi connectivity index (χ3v) is 3.81. The zero-order chi connectivity index (χ0) is 17.1. The van der Waals surface area contributed by atoms with E-state index in [0.717, 1.165) is 5.69 Å². The van der Waals surface area contributed by atoms with Gasteiger partial charge in [0, 0.05) is 33.0 Å². The van der Waals surface area contributed by atoms with Gasteiger partial charge in [0.15, 0.2) is 5.75 Å². The summed E-state index contributed by atoms with van der Waals surface area (Å²) in [6.07, 6.45) is 4.78. The number of rotatable bonds is 5. The van der Waals surface area contributed by atoms with E-state index in [1.165, 1.54) is 0 Å². The Balaban J connectivity index is 1.65. The monoisotopic (exact) mass is 331 g/mol. The number of aromatic nitrogens is 3. The van der Waals surface area contributed by atoms with E-state index in [2.05, 4.69) is 15.4 Å². The summed E-state index contributed by atoms with van der Waals surface area (Å²) in [5, 5.41) is 7.01. The number of ether oxygens (including phenoxy) is 2. The second-order valence-electron chi connectivity index (χ2n) is 5.92. The number of aryl methyl sites for hydroxylation is 1. The van der Waals surface area contributed by atoms with Gasteiger partial charge in [-0.2, -0.15) is 5.10 Å². The van der Waals surface area contributed by atoms with Crippen molar-refractivity contribution in [2.24, 2.45) is 7.05 Å². The fourth-order valence-electron chi connectivity index (χ4n) is 2.48. The minimum absolute atomic E-state index is 0.234. The van der Waals surface area contributed by atoms with Gasteiger partial charge in [-0.1, -0.05) is 0 Å². The van der Waals surface area contributed by atoms with Crippen molar-refractivity contribution in [1.29, 1.82) is 0 Å². The zero-order valence-corrected chi connectivity index (χ0v) is 14.0. The van der Waals surface area contributed by atoms with Crippen LogP contribution in [0.2, 0.25) is 0 Å². The van der Waals surface area contributed by atoms with Crippen LogP contribution in [0.5, 0.6) is 5.75 Å². The molecule has 1 fully saturated rings. The smallest absolute Gasteiger partial charge is 0.270 e. The van der Waals surface area contributed by atoms with Gasteiger partial charge in [-0.3, -0.25) is 14.5 Å². The van der Waals surface area contributed by atoms with Crippen LogP contribution in [-0.4, -0.2) is 60.1 Å². The van der Waals surface area contributed by atoms with E-state index in [-0.39, 0.29) is 18.1 Å². The van der Waals surface area contributed by atoms with Crippen molar-refractivity contribution < 1.29 is 14.3 Å². The lowest BCUT2D eigenvalue weighted by Gasteiger charge is -2.20. The molecule has 128 valence electrons. The van der Waals surface area contributed by atoms with Crippen molar-refractivity contribution in [2.75, 3.05) is 32.2 Å². The standard InChI is InChI=1S/C16H21N5O3/c1-20(2)11-4-5-17-13(6-11)16(22)19-14-9-23-10-15(14)24-12-7-18-21(3)8-12/h4-8,14-15H,9-10H2,1-3H3,(H,19,22)/t14-,15+/m0/s1. The Morgan fingerprint density at radius 3 is 3.00 bits per heavy atom. The molecule has 0 saturated carbocycles. The normalized spacial score (nSPS) is 20.0. The van der Waals surface area contributed by atoms with Gasteiger partial charge in [-0.25, -0.2) is 0 Å². The number of nitrogens with zero attached hydrogens (tertiary/aromatic N) is 4. The average molecular weight is 331 g/mol. The number of hydrogen-bond donors (Lipinski definition) is 1. The highest BCUT2D eigenvalue weighted by molar-refractivity contribution is 5.93. The van der Waals surface area contributed by atoms with Crippen LogP contribution in [0.1, 0.15) is 10.5 Å². The first kappa shape index (κ1) is 16.3. The van der Waals surface area contributed by atoms with Crippen LogP contribution in [0.25, 0.3) is 0 Å². The maximum absolute atomic E-state index is 12.5. The second-order valence-corrected chi connectivity index (χ2v) is 5.92. The molecular formula is C16H21N5O3. The highest BCUT2D eigenvalue weighted by atomic mass is 16.5. The fraction of sp³-hybridized carbons (Fsp3) is 0.438. The second kappa shape index (κ2) is 6.88. The van der Waals surface area contributed by atoms with Gasteiger partial charge in [0.05, 0.1) is 31.6 Å². The van der Waals surface area contributed by atoms with Gasteiger partial charge in [0.1, 0.15) is 11.8 Å². The van der Waals surface area contributed by atoms with E-state index in [9.17, 15) is 4.79 Å². The summed E-state index contributed by atoms with van der Waals surface area (Å²) in [6, 6.07) is 3.37. The van der Waals surface area contributed by atoms with Gasteiger partial charge in [0.2, 0.25) is 0 Å². The van der Waals surface area contributed by atoms with Gasteiger partial charge >= 0.3 is 0 Å². The number of pyridine rings is 1. The van der Waals surface area contributed by atoms with Crippen molar-refractivity contribution in [1.82, 2.24) is 20.1 Å². The first-order chi connectivity index (χ1) is 11.5. The first-order valence-electron chi connectivity index (χ1n) is 7.70. The number of hydrogen-bond acceptors (Lipinski definition) is 6. The number of anilines is 1. The number of carbonyl (C=O) groups is 1. The SMILES string of the molecule is CN(C)c1ccnc(C(=O)N[C@H]2COC[C@H]2Oc2cnn(C)c2)c1. The third-order valence-electron chi connectivity index (χ3n) is 3.81. The van der Waals surface area contributed by atoms with E-state index in [1.54, 1.807) is 29.3 Å². The van der Waals surface area contributed by atoms with Gasteiger partial charge < -0.3 is 19.7 Å². The quantitative estimate of drug-likeness (QED) is 0.857. The Labute approximate surface area is 140 Å². The molecule has 0 spiro atoms. The Hall–Kier alpha value is -2.61. The third kappa shape index (κ3) is 3.65. The minimum atomic E-state index is -0.254. The van der Waals surface area contributed by atoms with Crippen LogP contribution < -0.4 is 15.0 Å². The van der Waals surface area contributed by atoms with Gasteiger partial charge in [0.25, 0.3) is 5.91 Å². The maximum atomic E-state index is 12.5. The van der Waals surface area contributed by atoms with E-state index in [0.29, 0.717) is 24.7 Å². The summed E-state index contributed by atoms with van der Waals surface area (Å²) in [5.74, 6) is 0.411. The van der Waals surface area contributed by atoms with Crippen LogP contribution in [0.3, 0.4) is 0 Å². The molecule has 1 aliphatic rings. The van der Waals surface area contributed by atoms with Crippen LogP contribution in [0.15, 0.2) is 30.7 Å². The Morgan fingerprint density at radius 2 is 2.29 bits per heavy atom. The molecule has 0 bridgehead atoms. The minimum Gasteiger partial charge on any atom is -0.482 e.